The van der Waals surface area contributed by atoms with E-state index in [0.717, 1.165) is 36.3 Å². The zero-order chi connectivity index (χ0) is 16.2. The summed E-state index contributed by atoms with van der Waals surface area (Å²) in [5, 5.41) is 3.67. The van der Waals surface area contributed by atoms with Crippen molar-refractivity contribution in [3.05, 3.63) is 28.2 Å². The summed E-state index contributed by atoms with van der Waals surface area (Å²) in [5.41, 5.74) is 1.22. The largest absolute Gasteiger partial charge is 0.342 e. The van der Waals surface area contributed by atoms with E-state index in [2.05, 4.69) is 40.3 Å². The lowest BCUT2D eigenvalue weighted by Crippen LogP contribution is -2.45. The Balaban J connectivity index is 0.00000208. The molecule has 3 rings (SSSR count). The number of likely N-dealkylation sites (tertiary alicyclic amines) is 1. The predicted molar refractivity (Wildman–Crippen MR) is 107 cm³/mol. The summed E-state index contributed by atoms with van der Waals surface area (Å²) in [4.78, 5) is 15.6. The zero-order valence-corrected chi connectivity index (χ0v) is 17.3. The van der Waals surface area contributed by atoms with Gasteiger partial charge in [-0.2, -0.15) is 0 Å². The second-order valence-corrected chi connectivity index (χ2v) is 8.64. The highest BCUT2D eigenvalue weighted by molar-refractivity contribution is 9.10. The van der Waals surface area contributed by atoms with Crippen LogP contribution in [0.4, 0.5) is 0 Å². The van der Waals surface area contributed by atoms with Crippen LogP contribution in [0.2, 0.25) is 0 Å². The predicted octanol–water partition coefficient (Wildman–Crippen LogP) is 4.26. The first-order valence-corrected chi connectivity index (χ1v) is 10.3. The average molecular weight is 434 g/mol. The molecule has 6 heteroatoms. The first-order valence-electron chi connectivity index (χ1n) is 8.52. The lowest BCUT2D eigenvalue weighted by molar-refractivity contribution is -0.129. The fraction of sp³-hybridized carbons (Fsp3) is 0.611. The van der Waals surface area contributed by atoms with Gasteiger partial charge in [0.1, 0.15) is 0 Å². The number of benzene rings is 1. The van der Waals surface area contributed by atoms with Crippen molar-refractivity contribution in [1.82, 2.24) is 10.2 Å². The van der Waals surface area contributed by atoms with Gasteiger partial charge in [0.2, 0.25) is 5.91 Å². The molecule has 1 N–H and O–H groups in total. The Kier molecular flexibility index (Phi) is 7.92. The molecule has 0 unspecified atom stereocenters. The minimum atomic E-state index is 0. The molecule has 2 fully saturated rings. The van der Waals surface area contributed by atoms with E-state index >= 15 is 0 Å². The maximum absolute atomic E-state index is 12.4. The molecule has 1 aliphatic carbocycles. The van der Waals surface area contributed by atoms with E-state index in [4.69, 9.17) is 0 Å². The van der Waals surface area contributed by atoms with Crippen molar-refractivity contribution in [2.45, 2.75) is 43.5 Å². The Labute approximate surface area is 163 Å². The third-order valence-electron chi connectivity index (χ3n) is 4.73. The standard InChI is InChI=1S/C18H25BrN2OS.ClH/c1-13-10-15(19)4-5-17(13)23-12-18(22)21-8-6-16(7-9-21)20-11-14-2-3-14;/h4-5,10,14,16,20H,2-3,6-9,11-12H2,1H3;1H. The monoisotopic (exact) mass is 432 g/mol. The minimum Gasteiger partial charge on any atom is -0.342 e. The van der Waals surface area contributed by atoms with E-state index in [-0.39, 0.29) is 18.3 Å². The summed E-state index contributed by atoms with van der Waals surface area (Å²) in [6, 6.07) is 6.84. The smallest absolute Gasteiger partial charge is 0.232 e. The molecule has 0 radical (unpaired) electrons. The molecule has 0 aromatic heterocycles. The second kappa shape index (κ2) is 9.46. The van der Waals surface area contributed by atoms with E-state index < -0.39 is 0 Å². The number of hydrogen-bond acceptors (Lipinski definition) is 3. The Morgan fingerprint density at radius 1 is 1.29 bits per heavy atom. The molecular formula is C18H26BrClN2OS. The number of carbonyl (C=O) groups is 1. The molecule has 3 nitrogen and oxygen atoms in total. The van der Waals surface area contributed by atoms with Crippen LogP contribution in [0.1, 0.15) is 31.2 Å². The molecule has 1 saturated heterocycles. The van der Waals surface area contributed by atoms with Gasteiger partial charge in [0, 0.05) is 28.5 Å². The molecule has 0 atom stereocenters. The summed E-state index contributed by atoms with van der Waals surface area (Å²) in [6.07, 6.45) is 4.99. The van der Waals surface area contributed by atoms with Gasteiger partial charge in [-0.15, -0.1) is 24.2 Å². The highest BCUT2D eigenvalue weighted by Crippen LogP contribution is 2.28. The van der Waals surface area contributed by atoms with E-state index in [1.165, 1.54) is 29.8 Å². The minimum absolute atomic E-state index is 0. The lowest BCUT2D eigenvalue weighted by Gasteiger charge is -2.32. The van der Waals surface area contributed by atoms with Gasteiger partial charge in [-0.1, -0.05) is 15.9 Å². The maximum Gasteiger partial charge on any atom is 0.232 e. The fourth-order valence-corrected chi connectivity index (χ4v) is 4.38. The molecule has 0 spiro atoms. The molecule has 1 amide bonds. The molecular weight excluding hydrogens is 408 g/mol. The van der Waals surface area contributed by atoms with Crippen molar-refractivity contribution < 1.29 is 4.79 Å². The van der Waals surface area contributed by atoms with Gasteiger partial charge in [0.15, 0.2) is 0 Å². The van der Waals surface area contributed by atoms with E-state index in [9.17, 15) is 4.79 Å². The molecule has 1 saturated carbocycles. The number of amides is 1. The molecule has 1 aliphatic heterocycles. The van der Waals surface area contributed by atoms with Gasteiger partial charge in [-0.05, 0) is 68.8 Å². The number of nitrogens with zero attached hydrogens (tertiary/aromatic N) is 1. The van der Waals surface area contributed by atoms with Gasteiger partial charge in [-0.3, -0.25) is 4.79 Å². The third-order valence-corrected chi connectivity index (χ3v) is 6.38. The van der Waals surface area contributed by atoms with Crippen LogP contribution in [0.25, 0.3) is 0 Å². The summed E-state index contributed by atoms with van der Waals surface area (Å²) in [7, 11) is 0. The van der Waals surface area contributed by atoms with Gasteiger partial charge < -0.3 is 10.2 Å². The highest BCUT2D eigenvalue weighted by atomic mass is 79.9. The molecule has 134 valence electrons. The van der Waals surface area contributed by atoms with Gasteiger partial charge in [0.05, 0.1) is 5.75 Å². The van der Waals surface area contributed by atoms with Gasteiger partial charge >= 0.3 is 0 Å². The van der Waals surface area contributed by atoms with Crippen LogP contribution < -0.4 is 5.32 Å². The number of piperidine rings is 1. The van der Waals surface area contributed by atoms with Crippen LogP contribution in [0, 0.1) is 12.8 Å². The maximum atomic E-state index is 12.4. The van der Waals surface area contributed by atoms with Crippen LogP contribution in [0.3, 0.4) is 0 Å². The Bertz CT molecular complexity index is 560. The van der Waals surface area contributed by atoms with Crippen molar-refractivity contribution in [2.24, 2.45) is 5.92 Å². The van der Waals surface area contributed by atoms with Crippen LogP contribution in [0.15, 0.2) is 27.6 Å². The Morgan fingerprint density at radius 2 is 2.00 bits per heavy atom. The molecule has 24 heavy (non-hydrogen) atoms. The van der Waals surface area contributed by atoms with Crippen molar-refractivity contribution in [2.75, 3.05) is 25.4 Å². The molecule has 1 heterocycles. The van der Waals surface area contributed by atoms with Crippen molar-refractivity contribution >= 4 is 46.0 Å². The topological polar surface area (TPSA) is 32.3 Å². The van der Waals surface area contributed by atoms with E-state index in [0.29, 0.717) is 11.8 Å². The summed E-state index contributed by atoms with van der Waals surface area (Å²) in [6.45, 7) is 5.08. The molecule has 0 bridgehead atoms. The van der Waals surface area contributed by atoms with Crippen LogP contribution in [-0.2, 0) is 4.79 Å². The summed E-state index contributed by atoms with van der Waals surface area (Å²) < 4.78 is 1.09. The van der Waals surface area contributed by atoms with E-state index in [1.807, 2.05) is 11.0 Å². The summed E-state index contributed by atoms with van der Waals surface area (Å²) in [5.74, 6) is 1.75. The van der Waals surface area contributed by atoms with Gasteiger partial charge in [-0.25, -0.2) is 0 Å². The van der Waals surface area contributed by atoms with Crippen LogP contribution >= 0.6 is 40.1 Å². The number of aryl methyl sites for hydroxylation is 1. The van der Waals surface area contributed by atoms with Crippen LogP contribution in [-0.4, -0.2) is 42.2 Å². The number of nitrogens with one attached hydrogen (secondary N) is 1. The van der Waals surface area contributed by atoms with E-state index in [1.54, 1.807) is 11.8 Å². The zero-order valence-electron chi connectivity index (χ0n) is 14.1. The third kappa shape index (κ3) is 5.94. The molecule has 2 aliphatic rings. The number of thioether (sulfide) groups is 1. The average Bonchev–Trinajstić information content (AvgIpc) is 3.37. The quantitative estimate of drug-likeness (QED) is 0.680. The van der Waals surface area contributed by atoms with Gasteiger partial charge in [0.25, 0.3) is 0 Å². The summed E-state index contributed by atoms with van der Waals surface area (Å²) >= 11 is 5.13. The Hall–Kier alpha value is -0.230. The SMILES string of the molecule is Cc1cc(Br)ccc1SCC(=O)N1CCC(NCC2CC2)CC1.Cl. The van der Waals surface area contributed by atoms with Crippen LogP contribution in [0.5, 0.6) is 0 Å². The normalized spacial score (nSPS) is 18.3. The second-order valence-electron chi connectivity index (χ2n) is 6.71. The van der Waals surface area contributed by atoms with Crippen molar-refractivity contribution in [3.63, 3.8) is 0 Å². The van der Waals surface area contributed by atoms with Crippen molar-refractivity contribution in [1.29, 1.82) is 0 Å². The van der Waals surface area contributed by atoms with Crippen molar-refractivity contribution in [3.8, 4) is 0 Å². The number of carbonyl (C=O) groups excluding carboxylic acids is 1. The number of hydrogen-bond donors (Lipinski definition) is 1. The Morgan fingerprint density at radius 3 is 2.62 bits per heavy atom. The highest BCUT2D eigenvalue weighted by Gasteiger charge is 2.25. The molecule has 1 aromatic rings. The molecule has 1 aromatic carbocycles. The first-order chi connectivity index (χ1) is 11.1. The fourth-order valence-electron chi connectivity index (χ4n) is 2.99. The number of rotatable bonds is 6. The first kappa shape index (κ1) is 20.1. The lowest BCUT2D eigenvalue weighted by atomic mass is 10.0. The number of halogens is 2.